The fourth-order valence-electron chi connectivity index (χ4n) is 1.59. The Labute approximate surface area is 97.0 Å². The summed E-state index contributed by atoms with van der Waals surface area (Å²) < 4.78 is 6.46. The van der Waals surface area contributed by atoms with Gasteiger partial charge in [-0.1, -0.05) is 6.07 Å². The van der Waals surface area contributed by atoms with E-state index in [0.29, 0.717) is 11.3 Å². The Balaban J connectivity index is 2.15. The second kappa shape index (κ2) is 4.21. The number of benzene rings is 1. The standard InChI is InChI=1S/C11H11BrN2O/c12-10-2-1-3-11(9(10)6-13)15-8-4-7(14)5-8/h1-3,7-8H,4-5,14H2. The highest BCUT2D eigenvalue weighted by Crippen LogP contribution is 2.30. The summed E-state index contributed by atoms with van der Waals surface area (Å²) in [6.07, 6.45) is 1.91. The van der Waals surface area contributed by atoms with Gasteiger partial charge in [-0.15, -0.1) is 0 Å². The highest BCUT2D eigenvalue weighted by molar-refractivity contribution is 9.10. The molecule has 1 aliphatic carbocycles. The van der Waals surface area contributed by atoms with Crippen LogP contribution in [0.3, 0.4) is 0 Å². The summed E-state index contributed by atoms with van der Waals surface area (Å²) in [5.41, 5.74) is 6.22. The Bertz CT molecular complexity index is 408. The average Bonchev–Trinajstić information content (AvgIpc) is 2.16. The number of halogens is 1. The molecule has 15 heavy (non-hydrogen) atoms. The van der Waals surface area contributed by atoms with E-state index in [0.717, 1.165) is 17.3 Å². The molecule has 0 atom stereocenters. The summed E-state index contributed by atoms with van der Waals surface area (Å²) in [4.78, 5) is 0. The van der Waals surface area contributed by atoms with Crippen molar-refractivity contribution < 1.29 is 4.74 Å². The van der Waals surface area contributed by atoms with Crippen molar-refractivity contribution in [1.29, 1.82) is 5.26 Å². The quantitative estimate of drug-likeness (QED) is 0.893. The molecule has 0 aromatic heterocycles. The highest BCUT2D eigenvalue weighted by atomic mass is 79.9. The SMILES string of the molecule is N#Cc1c(Br)cccc1OC1CC(N)C1. The predicted octanol–water partition coefficient (Wildman–Crippen LogP) is 2.19. The van der Waals surface area contributed by atoms with Gasteiger partial charge in [-0.25, -0.2) is 0 Å². The predicted molar refractivity (Wildman–Crippen MR) is 60.5 cm³/mol. The number of rotatable bonds is 2. The molecule has 0 amide bonds. The number of hydrogen-bond acceptors (Lipinski definition) is 3. The van der Waals surface area contributed by atoms with Gasteiger partial charge in [0, 0.05) is 10.5 Å². The molecule has 1 aliphatic rings. The van der Waals surface area contributed by atoms with E-state index in [1.807, 2.05) is 18.2 Å². The van der Waals surface area contributed by atoms with E-state index in [2.05, 4.69) is 22.0 Å². The minimum atomic E-state index is 0.168. The lowest BCUT2D eigenvalue weighted by atomic mass is 9.90. The van der Waals surface area contributed by atoms with Crippen molar-refractivity contribution in [2.75, 3.05) is 0 Å². The van der Waals surface area contributed by atoms with E-state index in [1.54, 1.807) is 0 Å². The van der Waals surface area contributed by atoms with Crippen molar-refractivity contribution in [2.45, 2.75) is 25.0 Å². The molecule has 3 nitrogen and oxygen atoms in total. The van der Waals surface area contributed by atoms with E-state index in [1.165, 1.54) is 0 Å². The molecule has 1 aromatic carbocycles. The summed E-state index contributed by atoms with van der Waals surface area (Å²) in [5.74, 6) is 0.642. The van der Waals surface area contributed by atoms with Crippen LogP contribution in [0.5, 0.6) is 5.75 Å². The van der Waals surface area contributed by atoms with Crippen LogP contribution in [0.25, 0.3) is 0 Å². The second-order valence-electron chi connectivity index (χ2n) is 3.70. The summed E-state index contributed by atoms with van der Waals surface area (Å²) in [6.45, 7) is 0. The Hall–Kier alpha value is -1.05. The zero-order valence-corrected chi connectivity index (χ0v) is 9.70. The van der Waals surface area contributed by atoms with Gasteiger partial charge in [0.1, 0.15) is 23.5 Å². The molecule has 0 spiro atoms. The van der Waals surface area contributed by atoms with Crippen LogP contribution in [-0.2, 0) is 0 Å². The first-order valence-electron chi connectivity index (χ1n) is 4.81. The first-order chi connectivity index (χ1) is 7.20. The normalized spacial score (nSPS) is 24.1. The monoisotopic (exact) mass is 266 g/mol. The van der Waals surface area contributed by atoms with Crippen molar-refractivity contribution in [1.82, 2.24) is 0 Å². The highest BCUT2D eigenvalue weighted by Gasteiger charge is 2.28. The number of nitriles is 1. The lowest BCUT2D eigenvalue weighted by Crippen LogP contribution is -2.43. The fraction of sp³-hybridized carbons (Fsp3) is 0.364. The van der Waals surface area contributed by atoms with Gasteiger partial charge in [0.15, 0.2) is 0 Å². The van der Waals surface area contributed by atoms with Crippen molar-refractivity contribution in [3.63, 3.8) is 0 Å². The molecule has 0 unspecified atom stereocenters. The number of hydrogen-bond donors (Lipinski definition) is 1. The first-order valence-corrected chi connectivity index (χ1v) is 5.61. The Morgan fingerprint density at radius 1 is 1.47 bits per heavy atom. The lowest BCUT2D eigenvalue weighted by molar-refractivity contribution is 0.100. The maximum atomic E-state index is 8.97. The van der Waals surface area contributed by atoms with E-state index < -0.39 is 0 Å². The summed E-state index contributed by atoms with van der Waals surface area (Å²) in [7, 11) is 0. The minimum absolute atomic E-state index is 0.168. The van der Waals surface area contributed by atoms with E-state index in [-0.39, 0.29) is 12.1 Å². The maximum Gasteiger partial charge on any atom is 0.138 e. The van der Waals surface area contributed by atoms with Gasteiger partial charge in [0.05, 0.1) is 0 Å². The summed E-state index contributed by atoms with van der Waals surface area (Å²) in [5, 5.41) is 8.97. The largest absolute Gasteiger partial charge is 0.489 e. The second-order valence-corrected chi connectivity index (χ2v) is 4.55. The molecule has 2 N–H and O–H groups in total. The van der Waals surface area contributed by atoms with Crippen molar-refractivity contribution in [2.24, 2.45) is 5.73 Å². The van der Waals surface area contributed by atoms with Crippen LogP contribution in [0.4, 0.5) is 0 Å². The van der Waals surface area contributed by atoms with Crippen molar-refractivity contribution in [3.8, 4) is 11.8 Å². The van der Waals surface area contributed by atoms with Gasteiger partial charge in [0.2, 0.25) is 0 Å². The van der Waals surface area contributed by atoms with E-state index in [9.17, 15) is 0 Å². The molecule has 0 aliphatic heterocycles. The van der Waals surface area contributed by atoms with Crippen molar-refractivity contribution in [3.05, 3.63) is 28.2 Å². The Morgan fingerprint density at radius 3 is 2.80 bits per heavy atom. The molecular weight excluding hydrogens is 256 g/mol. The van der Waals surface area contributed by atoms with E-state index >= 15 is 0 Å². The number of ether oxygens (including phenoxy) is 1. The molecule has 78 valence electrons. The van der Waals surface area contributed by atoms with Crippen LogP contribution in [0.15, 0.2) is 22.7 Å². The zero-order chi connectivity index (χ0) is 10.8. The Morgan fingerprint density at radius 2 is 2.20 bits per heavy atom. The van der Waals surface area contributed by atoms with Gasteiger partial charge in [-0.3, -0.25) is 0 Å². The van der Waals surface area contributed by atoms with Crippen LogP contribution >= 0.6 is 15.9 Å². The van der Waals surface area contributed by atoms with Crippen LogP contribution in [0.2, 0.25) is 0 Å². The topological polar surface area (TPSA) is 59.0 Å². The van der Waals surface area contributed by atoms with Gasteiger partial charge in [-0.05, 0) is 40.9 Å². The minimum Gasteiger partial charge on any atom is -0.489 e. The molecule has 1 saturated carbocycles. The molecule has 1 aromatic rings. The third-order valence-corrected chi connectivity index (χ3v) is 3.17. The van der Waals surface area contributed by atoms with Gasteiger partial charge in [0.25, 0.3) is 0 Å². The lowest BCUT2D eigenvalue weighted by Gasteiger charge is -2.32. The molecule has 0 heterocycles. The molecular formula is C11H11BrN2O. The first kappa shape index (κ1) is 10.5. The maximum absolute atomic E-state index is 8.97. The summed E-state index contributed by atoms with van der Waals surface area (Å²) >= 11 is 3.32. The zero-order valence-electron chi connectivity index (χ0n) is 8.11. The third-order valence-electron chi connectivity index (χ3n) is 2.51. The van der Waals surface area contributed by atoms with Gasteiger partial charge in [-0.2, -0.15) is 5.26 Å². The van der Waals surface area contributed by atoms with Gasteiger partial charge < -0.3 is 10.5 Å². The third kappa shape index (κ3) is 2.14. The van der Waals surface area contributed by atoms with Crippen molar-refractivity contribution >= 4 is 15.9 Å². The average molecular weight is 267 g/mol. The molecule has 0 bridgehead atoms. The molecule has 0 saturated heterocycles. The smallest absolute Gasteiger partial charge is 0.138 e. The molecule has 4 heteroatoms. The number of nitrogens with two attached hydrogens (primary N) is 1. The molecule has 1 fully saturated rings. The van der Waals surface area contributed by atoms with E-state index in [4.69, 9.17) is 15.7 Å². The van der Waals surface area contributed by atoms with Gasteiger partial charge >= 0.3 is 0 Å². The summed E-state index contributed by atoms with van der Waals surface area (Å²) in [6, 6.07) is 7.89. The number of nitrogens with zero attached hydrogens (tertiary/aromatic N) is 1. The van der Waals surface area contributed by atoms with Crippen LogP contribution in [0, 0.1) is 11.3 Å². The van der Waals surface area contributed by atoms with Crippen LogP contribution in [-0.4, -0.2) is 12.1 Å². The fourth-order valence-corrected chi connectivity index (χ4v) is 2.03. The molecule has 2 rings (SSSR count). The van der Waals surface area contributed by atoms with Crippen LogP contribution in [0.1, 0.15) is 18.4 Å². The molecule has 0 radical (unpaired) electrons. The van der Waals surface area contributed by atoms with Crippen LogP contribution < -0.4 is 10.5 Å². The Kier molecular flexibility index (Phi) is 2.94.